The van der Waals surface area contributed by atoms with Gasteiger partial charge in [0, 0.05) is 38.8 Å². The summed E-state index contributed by atoms with van der Waals surface area (Å²) in [5.74, 6) is 1.96. The van der Waals surface area contributed by atoms with E-state index in [0.717, 1.165) is 44.2 Å². The van der Waals surface area contributed by atoms with Gasteiger partial charge < -0.3 is 24.1 Å². The number of nitrogens with one attached hydrogen (secondary N) is 1. The van der Waals surface area contributed by atoms with Crippen LogP contribution in [0.3, 0.4) is 0 Å². The summed E-state index contributed by atoms with van der Waals surface area (Å²) >= 11 is 0. The fourth-order valence-electron chi connectivity index (χ4n) is 4.40. The molecule has 0 amide bonds. The molecule has 9 nitrogen and oxygen atoms in total. The van der Waals surface area contributed by atoms with Crippen LogP contribution in [0.4, 0.5) is 5.69 Å². The Kier molecular flexibility index (Phi) is 5.48. The van der Waals surface area contributed by atoms with E-state index in [1.807, 2.05) is 18.2 Å². The lowest BCUT2D eigenvalue weighted by molar-refractivity contribution is 0.174. The second kappa shape index (κ2) is 8.58. The number of aromatic amines is 1. The molecule has 0 atom stereocenters. The van der Waals surface area contributed by atoms with Crippen molar-refractivity contribution in [3.05, 3.63) is 57.2 Å². The van der Waals surface area contributed by atoms with Gasteiger partial charge >= 0.3 is 5.69 Å². The lowest BCUT2D eigenvalue weighted by Crippen LogP contribution is -2.47. The minimum Gasteiger partial charge on any atom is -0.495 e. The first-order valence-electron chi connectivity index (χ1n) is 10.8. The van der Waals surface area contributed by atoms with Gasteiger partial charge in [-0.2, -0.15) is 0 Å². The van der Waals surface area contributed by atoms with E-state index >= 15 is 0 Å². The van der Waals surface area contributed by atoms with Gasteiger partial charge in [0.25, 0.3) is 5.56 Å². The maximum atomic E-state index is 12.9. The number of hydrogen-bond donors (Lipinski definition) is 1. The Bertz CT molecular complexity index is 1240. The molecule has 2 aliphatic heterocycles. The number of H-pyrrole nitrogens is 1. The van der Waals surface area contributed by atoms with Crippen LogP contribution in [-0.2, 0) is 6.54 Å². The van der Waals surface area contributed by atoms with Crippen LogP contribution in [-0.4, -0.2) is 61.1 Å². The molecular formula is C23H26N4O5. The zero-order valence-electron chi connectivity index (χ0n) is 18.0. The number of para-hydroxylation sites is 2. The molecule has 2 aromatic carbocycles. The number of ether oxygens (including phenoxy) is 3. The summed E-state index contributed by atoms with van der Waals surface area (Å²) < 4.78 is 17.4. The number of benzene rings is 2. The number of methoxy groups -OCH3 is 1. The first-order chi connectivity index (χ1) is 15.6. The molecule has 3 heterocycles. The highest BCUT2D eigenvalue weighted by Crippen LogP contribution is 2.34. The first kappa shape index (κ1) is 20.4. The molecule has 1 N–H and O–H groups in total. The summed E-state index contributed by atoms with van der Waals surface area (Å²) in [7, 11) is 1.69. The van der Waals surface area contributed by atoms with Crippen molar-refractivity contribution in [2.75, 3.05) is 51.5 Å². The number of nitrogens with zero attached hydrogens (tertiary/aromatic N) is 3. The molecule has 0 aliphatic carbocycles. The summed E-state index contributed by atoms with van der Waals surface area (Å²) in [5.41, 5.74) is 0.878. The number of anilines is 1. The molecule has 0 bridgehead atoms. The molecule has 0 spiro atoms. The lowest BCUT2D eigenvalue weighted by Gasteiger charge is -2.36. The SMILES string of the molecule is COc1ccccc1N1CCN(CCCn2c(=O)[nH]c3cc4c(cc3c2=O)OCO4)CC1. The summed E-state index contributed by atoms with van der Waals surface area (Å²) in [6.45, 7) is 4.97. The molecule has 3 aromatic rings. The first-order valence-corrected chi connectivity index (χ1v) is 10.8. The quantitative estimate of drug-likeness (QED) is 0.626. The van der Waals surface area contributed by atoms with Crippen LogP contribution in [0.25, 0.3) is 10.9 Å². The zero-order valence-corrected chi connectivity index (χ0v) is 18.0. The Morgan fingerprint density at radius 1 is 1.00 bits per heavy atom. The highest BCUT2D eigenvalue weighted by molar-refractivity contribution is 5.81. The van der Waals surface area contributed by atoms with E-state index in [2.05, 4.69) is 20.9 Å². The van der Waals surface area contributed by atoms with Gasteiger partial charge in [0.2, 0.25) is 6.79 Å². The Hall–Kier alpha value is -3.46. The average molecular weight is 438 g/mol. The number of rotatable bonds is 6. The Morgan fingerprint density at radius 2 is 1.75 bits per heavy atom. The van der Waals surface area contributed by atoms with Crippen molar-refractivity contribution in [1.82, 2.24) is 14.5 Å². The molecular weight excluding hydrogens is 412 g/mol. The summed E-state index contributed by atoms with van der Waals surface area (Å²) in [6, 6.07) is 11.3. The van der Waals surface area contributed by atoms with E-state index < -0.39 is 5.69 Å². The van der Waals surface area contributed by atoms with Crippen LogP contribution < -0.4 is 30.4 Å². The molecule has 168 valence electrons. The van der Waals surface area contributed by atoms with Gasteiger partial charge in [0.1, 0.15) is 5.75 Å². The van der Waals surface area contributed by atoms with Crippen LogP contribution in [0, 0.1) is 0 Å². The second-order valence-electron chi connectivity index (χ2n) is 7.99. The smallest absolute Gasteiger partial charge is 0.328 e. The Morgan fingerprint density at radius 3 is 2.53 bits per heavy atom. The van der Waals surface area contributed by atoms with Crippen molar-refractivity contribution >= 4 is 16.6 Å². The summed E-state index contributed by atoms with van der Waals surface area (Å²) in [6.07, 6.45) is 0.716. The van der Waals surface area contributed by atoms with E-state index in [-0.39, 0.29) is 12.4 Å². The van der Waals surface area contributed by atoms with E-state index in [0.29, 0.717) is 35.4 Å². The van der Waals surface area contributed by atoms with Crippen LogP contribution in [0.15, 0.2) is 46.0 Å². The van der Waals surface area contributed by atoms with Gasteiger partial charge in [0.05, 0.1) is 23.7 Å². The molecule has 0 unspecified atom stereocenters. The van der Waals surface area contributed by atoms with Gasteiger partial charge in [-0.15, -0.1) is 0 Å². The van der Waals surface area contributed by atoms with Gasteiger partial charge in [0.15, 0.2) is 11.5 Å². The molecule has 5 rings (SSSR count). The molecule has 1 saturated heterocycles. The number of fused-ring (bicyclic) bond motifs is 2. The monoisotopic (exact) mass is 438 g/mol. The van der Waals surface area contributed by atoms with Crippen molar-refractivity contribution in [2.24, 2.45) is 0 Å². The fraction of sp³-hybridized carbons (Fsp3) is 0.391. The van der Waals surface area contributed by atoms with E-state index in [1.165, 1.54) is 4.57 Å². The molecule has 1 fully saturated rings. The van der Waals surface area contributed by atoms with E-state index in [1.54, 1.807) is 19.2 Å². The molecule has 9 heteroatoms. The van der Waals surface area contributed by atoms with Crippen molar-refractivity contribution in [3.8, 4) is 17.2 Å². The van der Waals surface area contributed by atoms with Crippen molar-refractivity contribution in [3.63, 3.8) is 0 Å². The minimum absolute atomic E-state index is 0.119. The van der Waals surface area contributed by atoms with Crippen molar-refractivity contribution < 1.29 is 14.2 Å². The van der Waals surface area contributed by atoms with Crippen LogP contribution in [0.2, 0.25) is 0 Å². The van der Waals surface area contributed by atoms with Crippen molar-refractivity contribution in [1.29, 1.82) is 0 Å². The standard InChI is InChI=1S/C23H26N4O5/c1-30-19-6-3-2-5-18(19)26-11-9-25(10-12-26)7-4-8-27-22(28)16-13-20-21(32-15-31-20)14-17(16)24-23(27)29/h2-3,5-6,13-14H,4,7-12,15H2,1H3,(H,24,29). The number of piperazine rings is 1. The van der Waals surface area contributed by atoms with Crippen molar-refractivity contribution in [2.45, 2.75) is 13.0 Å². The van der Waals surface area contributed by atoms with Crippen LogP contribution in [0.5, 0.6) is 17.2 Å². The maximum absolute atomic E-state index is 12.9. The predicted octanol–water partition coefficient (Wildman–Crippen LogP) is 1.64. The third kappa shape index (κ3) is 3.80. The second-order valence-corrected chi connectivity index (χ2v) is 7.99. The Balaban J connectivity index is 1.21. The third-order valence-electron chi connectivity index (χ3n) is 6.13. The maximum Gasteiger partial charge on any atom is 0.328 e. The highest BCUT2D eigenvalue weighted by Gasteiger charge is 2.20. The molecule has 0 radical (unpaired) electrons. The summed E-state index contributed by atoms with van der Waals surface area (Å²) in [4.78, 5) is 32.9. The van der Waals surface area contributed by atoms with Gasteiger partial charge in [-0.25, -0.2) is 4.79 Å². The molecule has 1 aromatic heterocycles. The predicted molar refractivity (Wildman–Crippen MR) is 121 cm³/mol. The van der Waals surface area contributed by atoms with Gasteiger partial charge in [-0.1, -0.05) is 12.1 Å². The zero-order chi connectivity index (χ0) is 22.1. The van der Waals surface area contributed by atoms with Gasteiger partial charge in [-0.3, -0.25) is 14.3 Å². The normalized spacial score (nSPS) is 16.0. The minimum atomic E-state index is -0.401. The molecule has 2 aliphatic rings. The highest BCUT2D eigenvalue weighted by atomic mass is 16.7. The Labute approximate surface area is 184 Å². The summed E-state index contributed by atoms with van der Waals surface area (Å²) in [5, 5.41) is 0.430. The lowest BCUT2D eigenvalue weighted by atomic mass is 10.2. The molecule has 32 heavy (non-hydrogen) atoms. The number of aromatic nitrogens is 2. The van der Waals surface area contributed by atoms with Crippen LogP contribution >= 0.6 is 0 Å². The average Bonchev–Trinajstić information content (AvgIpc) is 3.28. The third-order valence-corrected chi connectivity index (χ3v) is 6.13. The number of hydrogen-bond acceptors (Lipinski definition) is 7. The topological polar surface area (TPSA) is 89.0 Å². The van der Waals surface area contributed by atoms with E-state index in [4.69, 9.17) is 14.2 Å². The van der Waals surface area contributed by atoms with Gasteiger partial charge in [-0.05, 0) is 31.2 Å². The molecule has 0 saturated carbocycles. The fourth-order valence-corrected chi connectivity index (χ4v) is 4.40. The van der Waals surface area contributed by atoms with Crippen LogP contribution in [0.1, 0.15) is 6.42 Å². The largest absolute Gasteiger partial charge is 0.495 e. The van der Waals surface area contributed by atoms with E-state index in [9.17, 15) is 9.59 Å².